The van der Waals surface area contributed by atoms with E-state index >= 15 is 0 Å². The third kappa shape index (κ3) is 3.55. The van der Waals surface area contributed by atoms with Crippen molar-refractivity contribution in [1.29, 1.82) is 0 Å². The second-order valence-corrected chi connectivity index (χ2v) is 6.29. The molecule has 0 radical (unpaired) electrons. The molecule has 0 N–H and O–H groups in total. The van der Waals surface area contributed by atoms with Crippen molar-refractivity contribution in [2.75, 3.05) is 33.3 Å². The van der Waals surface area contributed by atoms with Crippen LogP contribution in [0.25, 0.3) is 0 Å². The first-order valence-corrected chi connectivity index (χ1v) is 8.28. The number of aromatic nitrogens is 2. The highest BCUT2D eigenvalue weighted by atomic mass is 35.5. The number of nitrogens with zero attached hydrogens (tertiary/aromatic N) is 4. The zero-order valence-electron chi connectivity index (χ0n) is 13.9. The number of rotatable bonds is 4. The molecule has 0 aliphatic carbocycles. The lowest BCUT2D eigenvalue weighted by Crippen LogP contribution is -2.48. The molecular weight excluding hydrogens is 328 g/mol. The number of aryl methyl sites for hydroxylation is 1. The molecule has 0 atom stereocenters. The molecule has 128 valence electrons. The highest BCUT2D eigenvalue weighted by Gasteiger charge is 2.26. The van der Waals surface area contributed by atoms with Crippen molar-refractivity contribution in [3.8, 4) is 5.75 Å². The summed E-state index contributed by atoms with van der Waals surface area (Å²) < 4.78 is 6.80. The normalized spacial score (nSPS) is 15.5. The first kappa shape index (κ1) is 16.8. The summed E-state index contributed by atoms with van der Waals surface area (Å²) in [6.45, 7) is 3.89. The van der Waals surface area contributed by atoms with Crippen LogP contribution < -0.4 is 4.74 Å². The van der Waals surface area contributed by atoms with Gasteiger partial charge >= 0.3 is 0 Å². The van der Waals surface area contributed by atoms with E-state index in [1.54, 1.807) is 14.2 Å². The smallest absolute Gasteiger partial charge is 0.273 e. The Kier molecular flexibility index (Phi) is 5.06. The molecule has 2 heterocycles. The Balaban J connectivity index is 1.58. The average molecular weight is 349 g/mol. The van der Waals surface area contributed by atoms with Gasteiger partial charge in [0.15, 0.2) is 0 Å². The van der Waals surface area contributed by atoms with Gasteiger partial charge in [0.2, 0.25) is 0 Å². The number of hydrogen-bond acceptors (Lipinski definition) is 4. The van der Waals surface area contributed by atoms with E-state index < -0.39 is 0 Å². The second-order valence-electron chi connectivity index (χ2n) is 5.88. The maximum Gasteiger partial charge on any atom is 0.273 e. The molecule has 1 fully saturated rings. The number of carbonyl (C=O) groups excluding carboxylic acids is 1. The van der Waals surface area contributed by atoms with Crippen molar-refractivity contribution >= 4 is 17.5 Å². The Morgan fingerprint density at radius 1 is 1.29 bits per heavy atom. The van der Waals surface area contributed by atoms with E-state index in [9.17, 15) is 4.79 Å². The fourth-order valence-electron chi connectivity index (χ4n) is 2.94. The summed E-state index contributed by atoms with van der Waals surface area (Å²) in [6, 6.07) is 8.08. The van der Waals surface area contributed by atoms with Gasteiger partial charge in [-0.3, -0.25) is 14.4 Å². The van der Waals surface area contributed by atoms with Crippen LogP contribution >= 0.6 is 11.6 Å². The Labute approximate surface area is 146 Å². The van der Waals surface area contributed by atoms with Gasteiger partial charge in [0.25, 0.3) is 5.91 Å². The van der Waals surface area contributed by atoms with E-state index in [0.29, 0.717) is 23.8 Å². The lowest BCUT2D eigenvalue weighted by atomic mass is 10.2. The summed E-state index contributed by atoms with van der Waals surface area (Å²) in [7, 11) is 3.41. The Bertz CT molecular complexity index is 704. The van der Waals surface area contributed by atoms with E-state index in [4.69, 9.17) is 16.3 Å². The molecule has 0 unspecified atom stereocenters. The number of methoxy groups -OCH3 is 1. The van der Waals surface area contributed by atoms with Gasteiger partial charge in [-0.1, -0.05) is 23.7 Å². The van der Waals surface area contributed by atoms with Gasteiger partial charge in [0, 0.05) is 39.8 Å². The maximum absolute atomic E-state index is 12.6. The van der Waals surface area contributed by atoms with Crippen LogP contribution in [0.5, 0.6) is 5.75 Å². The Hall–Kier alpha value is -2.05. The van der Waals surface area contributed by atoms with Crippen molar-refractivity contribution in [2.45, 2.75) is 6.54 Å². The number of hydrogen-bond donors (Lipinski definition) is 0. The zero-order valence-corrected chi connectivity index (χ0v) is 14.7. The topological polar surface area (TPSA) is 50.6 Å². The molecule has 24 heavy (non-hydrogen) atoms. The first-order valence-electron chi connectivity index (χ1n) is 7.90. The van der Waals surface area contributed by atoms with E-state index in [1.165, 1.54) is 16.4 Å². The molecule has 7 heteroatoms. The quantitative estimate of drug-likeness (QED) is 0.848. The molecule has 1 saturated heterocycles. The molecule has 1 aliphatic rings. The van der Waals surface area contributed by atoms with Crippen molar-refractivity contribution in [1.82, 2.24) is 19.6 Å². The van der Waals surface area contributed by atoms with Crippen molar-refractivity contribution in [3.05, 3.63) is 46.7 Å². The number of amides is 1. The molecule has 1 aliphatic heterocycles. The number of piperazine rings is 1. The van der Waals surface area contributed by atoms with Crippen LogP contribution in [0.2, 0.25) is 5.02 Å². The fraction of sp³-hybridized carbons (Fsp3) is 0.412. The van der Waals surface area contributed by atoms with Gasteiger partial charge in [-0.05, 0) is 17.7 Å². The van der Waals surface area contributed by atoms with E-state index in [0.717, 1.165) is 25.4 Å². The van der Waals surface area contributed by atoms with Gasteiger partial charge in [-0.25, -0.2) is 0 Å². The van der Waals surface area contributed by atoms with Gasteiger partial charge in [-0.15, -0.1) is 0 Å². The second kappa shape index (κ2) is 7.23. The van der Waals surface area contributed by atoms with Crippen molar-refractivity contribution < 1.29 is 9.53 Å². The summed E-state index contributed by atoms with van der Waals surface area (Å²) in [4.78, 5) is 16.8. The lowest BCUT2D eigenvalue weighted by Gasteiger charge is -2.34. The summed E-state index contributed by atoms with van der Waals surface area (Å²) in [5.74, 6) is 0.813. The maximum atomic E-state index is 12.6. The summed E-state index contributed by atoms with van der Waals surface area (Å²) in [5.41, 5.74) is 1.67. The monoisotopic (exact) mass is 348 g/mol. The molecule has 1 amide bonds. The van der Waals surface area contributed by atoms with Crippen molar-refractivity contribution in [3.63, 3.8) is 0 Å². The first-order chi connectivity index (χ1) is 11.6. The highest BCUT2D eigenvalue weighted by Crippen LogP contribution is 2.19. The van der Waals surface area contributed by atoms with Gasteiger partial charge in [-0.2, -0.15) is 5.10 Å². The minimum Gasteiger partial charge on any atom is -0.497 e. The summed E-state index contributed by atoms with van der Waals surface area (Å²) in [5, 5.41) is 4.44. The predicted octanol–water partition coefficient (Wildman–Crippen LogP) is 2.04. The van der Waals surface area contributed by atoms with Gasteiger partial charge in [0.05, 0.1) is 18.3 Å². The minimum atomic E-state index is -0.0546. The minimum absolute atomic E-state index is 0.0546. The number of halogens is 1. The molecule has 3 rings (SSSR count). The Morgan fingerprint density at radius 2 is 2.04 bits per heavy atom. The average Bonchev–Trinajstić information content (AvgIpc) is 2.94. The van der Waals surface area contributed by atoms with Crippen LogP contribution in [0.15, 0.2) is 30.5 Å². The SMILES string of the molecule is COc1cccc(CN2CCN(C(=O)c3c(Cl)cnn3C)CC2)c1. The zero-order chi connectivity index (χ0) is 17.1. The van der Waals surface area contributed by atoms with E-state index in [2.05, 4.69) is 16.1 Å². The Morgan fingerprint density at radius 3 is 2.67 bits per heavy atom. The number of ether oxygens (including phenoxy) is 1. The molecule has 0 saturated carbocycles. The number of carbonyl (C=O) groups is 1. The molecule has 0 spiro atoms. The van der Waals surface area contributed by atoms with Crippen LogP contribution in [0, 0.1) is 0 Å². The third-order valence-corrected chi connectivity index (χ3v) is 4.57. The molecule has 0 bridgehead atoms. The largest absolute Gasteiger partial charge is 0.497 e. The fourth-order valence-corrected chi connectivity index (χ4v) is 3.19. The molecule has 1 aromatic carbocycles. The van der Waals surface area contributed by atoms with Crippen molar-refractivity contribution in [2.24, 2.45) is 7.05 Å². The van der Waals surface area contributed by atoms with Crippen LogP contribution in [-0.4, -0.2) is 58.8 Å². The molecular formula is C17H21ClN4O2. The summed E-state index contributed by atoms with van der Waals surface area (Å²) >= 11 is 6.07. The lowest BCUT2D eigenvalue weighted by molar-refractivity contribution is 0.0618. The van der Waals surface area contributed by atoms with Gasteiger partial charge < -0.3 is 9.64 Å². The van der Waals surface area contributed by atoms with Crippen LogP contribution in [0.1, 0.15) is 16.1 Å². The predicted molar refractivity (Wildman–Crippen MR) is 92.4 cm³/mol. The highest BCUT2D eigenvalue weighted by molar-refractivity contribution is 6.33. The van der Waals surface area contributed by atoms with Crippen LogP contribution in [-0.2, 0) is 13.6 Å². The molecule has 6 nitrogen and oxygen atoms in total. The number of benzene rings is 1. The van der Waals surface area contributed by atoms with E-state index in [-0.39, 0.29) is 5.91 Å². The van der Waals surface area contributed by atoms with Gasteiger partial charge in [0.1, 0.15) is 11.4 Å². The molecule has 2 aromatic rings. The van der Waals surface area contributed by atoms with E-state index in [1.807, 2.05) is 23.1 Å². The third-order valence-electron chi connectivity index (χ3n) is 4.30. The standard InChI is InChI=1S/C17H21ClN4O2/c1-20-16(15(18)11-19-20)17(23)22-8-6-21(7-9-22)12-13-4-3-5-14(10-13)24-2/h3-5,10-11H,6-9,12H2,1-2H3. The van der Waals surface area contributed by atoms with Crippen LogP contribution in [0.3, 0.4) is 0 Å². The van der Waals surface area contributed by atoms with Crippen LogP contribution in [0.4, 0.5) is 0 Å². The summed E-state index contributed by atoms with van der Waals surface area (Å²) in [6.07, 6.45) is 1.51. The molecule has 1 aromatic heterocycles.